The van der Waals surface area contributed by atoms with Crippen molar-refractivity contribution in [3.63, 3.8) is 0 Å². The van der Waals surface area contributed by atoms with Crippen LogP contribution in [0.3, 0.4) is 0 Å². The maximum atomic E-state index is 12.9. The Morgan fingerprint density at radius 2 is 2.14 bits per heavy atom. The van der Waals surface area contributed by atoms with E-state index < -0.39 is 23.6 Å². The summed E-state index contributed by atoms with van der Waals surface area (Å²) in [6, 6.07) is 4.09. The summed E-state index contributed by atoms with van der Waals surface area (Å²) in [5.74, 6) is -2.12. The molecule has 4 rings (SSSR count). The number of amides is 2. The van der Waals surface area contributed by atoms with Crippen LogP contribution < -0.4 is 11.1 Å². The Balaban J connectivity index is 1.61. The van der Waals surface area contributed by atoms with Gasteiger partial charge in [0.15, 0.2) is 0 Å². The first-order valence-corrected chi connectivity index (χ1v) is 9.49. The summed E-state index contributed by atoms with van der Waals surface area (Å²) >= 11 is 1.45. The number of pyridine rings is 1. The molecule has 146 valence electrons. The lowest BCUT2D eigenvalue weighted by Gasteiger charge is -2.16. The first kappa shape index (κ1) is 18.6. The van der Waals surface area contributed by atoms with Crippen molar-refractivity contribution in [1.82, 2.24) is 19.9 Å². The van der Waals surface area contributed by atoms with Gasteiger partial charge in [0, 0.05) is 34.3 Å². The highest BCUT2D eigenvalue weighted by Gasteiger charge is 2.28. The molecule has 4 aromatic rings. The predicted octanol–water partition coefficient (Wildman–Crippen LogP) is 1.47. The van der Waals surface area contributed by atoms with Gasteiger partial charge in [-0.05, 0) is 12.1 Å². The van der Waals surface area contributed by atoms with Gasteiger partial charge in [0.25, 0.3) is 11.8 Å². The normalized spacial score (nSPS) is 12.0. The van der Waals surface area contributed by atoms with Crippen LogP contribution in [0.5, 0.6) is 0 Å². The van der Waals surface area contributed by atoms with Crippen LogP contribution in [-0.2, 0) is 16.0 Å². The molecule has 4 aromatic heterocycles. The standard InChI is InChI=1S/C19H15N5O4S/c20-18(26)17(25)13(5-11-7-28-15-9-29-8-12(11)15)23-19(27)14-6-21-10-24(14)16-3-1-2-4-22-16/h1-4,6-10,13H,5H2,(H2,20,26)(H,23,27). The van der Waals surface area contributed by atoms with Crippen molar-refractivity contribution in [1.29, 1.82) is 0 Å². The number of nitrogens with zero attached hydrogens (tertiary/aromatic N) is 3. The van der Waals surface area contributed by atoms with Crippen LogP contribution >= 0.6 is 11.3 Å². The van der Waals surface area contributed by atoms with Gasteiger partial charge in [-0.15, -0.1) is 11.3 Å². The molecule has 29 heavy (non-hydrogen) atoms. The van der Waals surface area contributed by atoms with Gasteiger partial charge in [-0.25, -0.2) is 9.97 Å². The monoisotopic (exact) mass is 409 g/mol. The van der Waals surface area contributed by atoms with Crippen LogP contribution in [0, 0.1) is 0 Å². The van der Waals surface area contributed by atoms with Crippen molar-refractivity contribution in [3.8, 4) is 5.82 Å². The maximum Gasteiger partial charge on any atom is 0.287 e. The predicted molar refractivity (Wildman–Crippen MR) is 105 cm³/mol. The van der Waals surface area contributed by atoms with Crippen LogP contribution in [0.2, 0.25) is 0 Å². The van der Waals surface area contributed by atoms with Crippen molar-refractivity contribution >= 4 is 39.9 Å². The average molecular weight is 409 g/mol. The number of imidazole rings is 1. The highest BCUT2D eigenvalue weighted by molar-refractivity contribution is 7.09. The first-order chi connectivity index (χ1) is 14.0. The molecule has 0 saturated carbocycles. The molecule has 1 unspecified atom stereocenters. The number of primary amides is 1. The maximum absolute atomic E-state index is 12.9. The third kappa shape index (κ3) is 3.65. The summed E-state index contributed by atoms with van der Waals surface area (Å²) in [5, 5.41) is 7.11. The van der Waals surface area contributed by atoms with Gasteiger partial charge >= 0.3 is 0 Å². The first-order valence-electron chi connectivity index (χ1n) is 8.55. The summed E-state index contributed by atoms with van der Waals surface area (Å²) in [6.07, 6.45) is 5.94. The number of aromatic nitrogens is 3. The Morgan fingerprint density at radius 3 is 2.90 bits per heavy atom. The van der Waals surface area contributed by atoms with E-state index in [1.54, 1.807) is 24.4 Å². The second kappa shape index (κ2) is 7.68. The summed E-state index contributed by atoms with van der Waals surface area (Å²) in [7, 11) is 0. The van der Waals surface area contributed by atoms with Crippen LogP contribution in [-0.4, -0.2) is 38.2 Å². The van der Waals surface area contributed by atoms with E-state index in [0.717, 1.165) is 5.39 Å². The molecule has 0 radical (unpaired) electrons. The molecule has 4 heterocycles. The average Bonchev–Trinajstić information content (AvgIpc) is 3.45. The number of hydrogen-bond donors (Lipinski definition) is 2. The number of Topliss-reactive ketones (excluding diaryl/α,β-unsaturated/α-hetero) is 1. The second-order valence-electron chi connectivity index (χ2n) is 6.21. The molecule has 0 fully saturated rings. The molecule has 2 amide bonds. The number of thiophene rings is 1. The molecule has 0 aliphatic heterocycles. The van der Waals surface area contributed by atoms with Gasteiger partial charge in [-0.3, -0.25) is 19.0 Å². The highest BCUT2D eigenvalue weighted by Crippen LogP contribution is 2.26. The zero-order chi connectivity index (χ0) is 20.4. The number of nitrogens with one attached hydrogen (secondary N) is 1. The van der Waals surface area contributed by atoms with Crippen LogP contribution in [0.1, 0.15) is 16.1 Å². The zero-order valence-corrected chi connectivity index (χ0v) is 15.8. The van der Waals surface area contributed by atoms with E-state index in [1.165, 1.54) is 34.7 Å². The van der Waals surface area contributed by atoms with Crippen LogP contribution in [0.4, 0.5) is 0 Å². The molecule has 0 aliphatic carbocycles. The minimum atomic E-state index is -1.15. The van der Waals surface area contributed by atoms with E-state index >= 15 is 0 Å². The van der Waals surface area contributed by atoms with E-state index in [2.05, 4.69) is 15.3 Å². The van der Waals surface area contributed by atoms with Gasteiger partial charge in [-0.1, -0.05) is 6.07 Å². The summed E-state index contributed by atoms with van der Waals surface area (Å²) in [6.45, 7) is 0. The molecule has 3 N–H and O–H groups in total. The Hall–Kier alpha value is -3.79. The minimum absolute atomic E-state index is 0.0645. The quantitative estimate of drug-likeness (QED) is 0.444. The molecular formula is C19H15N5O4S. The van der Waals surface area contributed by atoms with Crippen molar-refractivity contribution in [3.05, 3.63) is 65.2 Å². The summed E-state index contributed by atoms with van der Waals surface area (Å²) < 4.78 is 6.91. The van der Waals surface area contributed by atoms with E-state index in [4.69, 9.17) is 10.2 Å². The van der Waals surface area contributed by atoms with Gasteiger partial charge in [0.05, 0.1) is 12.5 Å². The molecule has 0 aromatic carbocycles. The number of furan rings is 1. The number of nitrogens with two attached hydrogens (primary N) is 1. The largest absolute Gasteiger partial charge is 0.463 e. The van der Waals surface area contributed by atoms with Crippen LogP contribution in [0.25, 0.3) is 16.8 Å². The lowest BCUT2D eigenvalue weighted by Crippen LogP contribution is -2.47. The molecule has 9 nitrogen and oxygen atoms in total. The highest BCUT2D eigenvalue weighted by atomic mass is 32.1. The summed E-state index contributed by atoms with van der Waals surface area (Å²) in [5.41, 5.74) is 6.72. The zero-order valence-electron chi connectivity index (χ0n) is 14.9. The second-order valence-corrected chi connectivity index (χ2v) is 6.95. The van der Waals surface area contributed by atoms with E-state index in [1.807, 2.05) is 10.8 Å². The van der Waals surface area contributed by atoms with Gasteiger partial charge in [0.1, 0.15) is 29.5 Å². The molecule has 10 heteroatoms. The van der Waals surface area contributed by atoms with Crippen molar-refractivity contribution in [2.45, 2.75) is 12.5 Å². The smallest absolute Gasteiger partial charge is 0.287 e. The van der Waals surface area contributed by atoms with Gasteiger partial charge in [0.2, 0.25) is 5.78 Å². The van der Waals surface area contributed by atoms with Crippen LogP contribution in [0.15, 0.2) is 58.4 Å². The van der Waals surface area contributed by atoms with Gasteiger partial charge < -0.3 is 15.5 Å². The van der Waals surface area contributed by atoms with E-state index in [-0.39, 0.29) is 12.1 Å². The number of carbonyl (C=O) groups excluding carboxylic acids is 3. The molecular weight excluding hydrogens is 394 g/mol. The minimum Gasteiger partial charge on any atom is -0.463 e. The molecule has 0 bridgehead atoms. The van der Waals surface area contributed by atoms with Gasteiger partial charge in [-0.2, -0.15) is 0 Å². The van der Waals surface area contributed by atoms with Crippen molar-refractivity contribution in [2.75, 3.05) is 0 Å². The number of rotatable bonds is 7. The SMILES string of the molecule is NC(=O)C(=O)C(Cc1coc2cscc12)NC(=O)c1cncn1-c1ccccn1. The Kier molecular flexibility index (Phi) is 4.92. The number of hydrogen-bond acceptors (Lipinski definition) is 7. The number of carbonyl (C=O) groups is 3. The molecule has 0 aliphatic rings. The van der Waals surface area contributed by atoms with E-state index in [0.29, 0.717) is 17.0 Å². The molecule has 0 saturated heterocycles. The molecule has 1 atom stereocenters. The fraction of sp³-hybridized carbons (Fsp3) is 0.105. The molecule has 0 spiro atoms. The lowest BCUT2D eigenvalue weighted by molar-refractivity contribution is -0.137. The summed E-state index contributed by atoms with van der Waals surface area (Å²) in [4.78, 5) is 44.9. The third-order valence-corrected chi connectivity index (χ3v) is 5.08. The Labute approximate surface area is 168 Å². The Morgan fingerprint density at radius 1 is 1.28 bits per heavy atom. The fourth-order valence-electron chi connectivity index (χ4n) is 2.94. The third-order valence-electron chi connectivity index (χ3n) is 4.36. The van der Waals surface area contributed by atoms with Crippen molar-refractivity contribution in [2.24, 2.45) is 5.73 Å². The fourth-order valence-corrected chi connectivity index (χ4v) is 3.72. The lowest BCUT2D eigenvalue weighted by atomic mass is 10.0. The number of fused-ring (bicyclic) bond motifs is 1. The Bertz CT molecular complexity index is 1190. The topological polar surface area (TPSA) is 133 Å². The number of ketones is 1. The van der Waals surface area contributed by atoms with E-state index in [9.17, 15) is 14.4 Å². The van der Waals surface area contributed by atoms with Crippen molar-refractivity contribution < 1.29 is 18.8 Å².